The van der Waals surface area contributed by atoms with Gasteiger partial charge in [0, 0.05) is 16.5 Å². The first-order chi connectivity index (χ1) is 15.4. The summed E-state index contributed by atoms with van der Waals surface area (Å²) in [6, 6.07) is 12.8. The van der Waals surface area contributed by atoms with E-state index in [1.54, 1.807) is 31.4 Å². The maximum Gasteiger partial charge on any atom is 0.283 e. The molecule has 1 N–H and O–H groups in total. The minimum Gasteiger partial charge on any atom is -0.493 e. The number of hydrogen-bond donors (Lipinski definition) is 1. The number of halogens is 1. The van der Waals surface area contributed by atoms with Crippen molar-refractivity contribution in [3.63, 3.8) is 0 Å². The molecule has 0 spiro atoms. The topological polar surface area (TPSA) is 87.3 Å². The van der Waals surface area contributed by atoms with Crippen LogP contribution < -0.4 is 9.47 Å². The second kappa shape index (κ2) is 9.18. The molecule has 1 amide bonds. The zero-order valence-corrected chi connectivity index (χ0v) is 19.3. The van der Waals surface area contributed by atoms with E-state index < -0.39 is 5.91 Å². The number of aliphatic imine (C=N–C) groups is 1. The van der Waals surface area contributed by atoms with Crippen LogP contribution >= 0.6 is 23.4 Å². The molecule has 0 saturated heterocycles. The van der Waals surface area contributed by atoms with E-state index in [0.717, 1.165) is 10.6 Å². The smallest absolute Gasteiger partial charge is 0.283 e. The molecule has 2 heterocycles. The summed E-state index contributed by atoms with van der Waals surface area (Å²) in [5, 5.41) is 16.2. The lowest BCUT2D eigenvalue weighted by atomic mass is 10.1. The molecule has 2 aliphatic rings. The van der Waals surface area contributed by atoms with E-state index in [2.05, 4.69) is 10.1 Å². The van der Waals surface area contributed by atoms with Gasteiger partial charge in [-0.05, 0) is 41.6 Å². The second-order valence-electron chi connectivity index (χ2n) is 7.40. The standard InChI is InChI=1S/C23H21ClN4O3S/c1-13(2)22-27-28-20(25)16(21(29)26-23(28)32-22)10-14-8-9-18(19(11-14)30-3)31-12-15-6-4-5-7-17(15)24/h4-11,13,25H,12H2,1-3H3/b16-10-,25-20?. The maximum atomic E-state index is 12.6. The molecule has 2 aliphatic heterocycles. The highest BCUT2D eigenvalue weighted by Gasteiger charge is 2.36. The number of hydrogen-bond acceptors (Lipinski definition) is 6. The Labute approximate surface area is 195 Å². The lowest BCUT2D eigenvalue weighted by Gasteiger charge is -2.20. The summed E-state index contributed by atoms with van der Waals surface area (Å²) in [4.78, 5) is 16.7. The fourth-order valence-electron chi connectivity index (χ4n) is 3.07. The molecule has 0 atom stereocenters. The van der Waals surface area contributed by atoms with Gasteiger partial charge >= 0.3 is 0 Å². The minimum atomic E-state index is -0.466. The highest BCUT2D eigenvalue weighted by Crippen LogP contribution is 2.33. The van der Waals surface area contributed by atoms with E-state index in [0.29, 0.717) is 33.9 Å². The number of carbonyl (C=O) groups is 1. The normalized spacial score (nSPS) is 16.9. The van der Waals surface area contributed by atoms with Crippen molar-refractivity contribution in [1.29, 1.82) is 5.41 Å². The number of ether oxygens (including phenoxy) is 2. The fraction of sp³-hybridized carbons (Fsp3) is 0.217. The van der Waals surface area contributed by atoms with Crippen LogP contribution in [0, 0.1) is 11.3 Å². The number of amides is 1. The molecule has 4 rings (SSSR count). The zero-order valence-electron chi connectivity index (χ0n) is 17.8. The monoisotopic (exact) mass is 468 g/mol. The summed E-state index contributed by atoms with van der Waals surface area (Å²) in [7, 11) is 1.54. The first-order valence-corrected chi connectivity index (χ1v) is 11.1. The third-order valence-electron chi connectivity index (χ3n) is 4.80. The van der Waals surface area contributed by atoms with Crippen LogP contribution in [0.2, 0.25) is 5.02 Å². The van der Waals surface area contributed by atoms with Crippen LogP contribution in [0.25, 0.3) is 6.08 Å². The molecular weight excluding hydrogens is 448 g/mol. The zero-order chi connectivity index (χ0) is 22.8. The number of nitrogens with zero attached hydrogens (tertiary/aromatic N) is 3. The van der Waals surface area contributed by atoms with Crippen molar-refractivity contribution in [3.05, 3.63) is 64.2 Å². The summed E-state index contributed by atoms with van der Waals surface area (Å²) in [5.74, 6) is 0.767. The largest absolute Gasteiger partial charge is 0.493 e. The van der Waals surface area contributed by atoms with Crippen LogP contribution in [0.5, 0.6) is 11.5 Å². The Hall–Kier alpha value is -3.10. The van der Waals surface area contributed by atoms with E-state index in [4.69, 9.17) is 26.5 Å². The van der Waals surface area contributed by atoms with Gasteiger partial charge < -0.3 is 9.47 Å². The van der Waals surface area contributed by atoms with Gasteiger partial charge in [-0.3, -0.25) is 10.2 Å². The van der Waals surface area contributed by atoms with Gasteiger partial charge in [-0.25, -0.2) is 0 Å². The summed E-state index contributed by atoms with van der Waals surface area (Å²) in [5.41, 5.74) is 1.70. The number of methoxy groups -OCH3 is 1. The van der Waals surface area contributed by atoms with Gasteiger partial charge in [0.25, 0.3) is 5.91 Å². The number of benzene rings is 2. The first kappa shape index (κ1) is 22.1. The third-order valence-corrected chi connectivity index (χ3v) is 6.38. The number of amidine groups is 2. The van der Waals surface area contributed by atoms with E-state index in [1.165, 1.54) is 16.8 Å². The molecule has 0 aromatic heterocycles. The van der Waals surface area contributed by atoms with Gasteiger partial charge in [-0.2, -0.15) is 15.1 Å². The molecule has 164 valence electrons. The molecular formula is C23H21ClN4O3S. The van der Waals surface area contributed by atoms with Gasteiger partial charge in [0.2, 0.25) is 5.17 Å². The molecule has 7 nitrogen and oxygen atoms in total. The van der Waals surface area contributed by atoms with E-state index in [9.17, 15) is 4.79 Å². The number of fused-ring (bicyclic) bond motifs is 1. The van der Waals surface area contributed by atoms with Gasteiger partial charge in [-0.1, -0.05) is 49.7 Å². The number of thioether (sulfide) groups is 1. The average molecular weight is 469 g/mol. The minimum absolute atomic E-state index is 0.00108. The molecule has 32 heavy (non-hydrogen) atoms. The van der Waals surface area contributed by atoms with Crippen LogP contribution in [-0.2, 0) is 11.4 Å². The van der Waals surface area contributed by atoms with Crippen molar-refractivity contribution in [1.82, 2.24) is 5.01 Å². The molecule has 0 unspecified atom stereocenters. The van der Waals surface area contributed by atoms with Crippen molar-refractivity contribution in [2.24, 2.45) is 16.0 Å². The molecule has 2 aromatic carbocycles. The second-order valence-corrected chi connectivity index (χ2v) is 8.80. The summed E-state index contributed by atoms with van der Waals surface area (Å²) < 4.78 is 11.4. The molecule has 0 radical (unpaired) electrons. The van der Waals surface area contributed by atoms with Crippen LogP contribution in [0.3, 0.4) is 0 Å². The van der Waals surface area contributed by atoms with Crippen molar-refractivity contribution < 1.29 is 14.3 Å². The molecule has 0 bridgehead atoms. The van der Waals surface area contributed by atoms with Crippen LogP contribution in [0.15, 0.2) is 58.1 Å². The number of nitrogens with one attached hydrogen (secondary N) is 1. The lowest BCUT2D eigenvalue weighted by molar-refractivity contribution is -0.114. The SMILES string of the molecule is COc1cc(/C=C2/C(=N)N3N=C(C(C)C)SC3=NC2=O)ccc1OCc1ccccc1Cl. The Kier molecular flexibility index (Phi) is 6.34. The highest BCUT2D eigenvalue weighted by molar-refractivity contribution is 8.27. The van der Waals surface area contributed by atoms with Crippen LogP contribution in [-0.4, -0.2) is 34.1 Å². The number of carbonyl (C=O) groups excluding carboxylic acids is 1. The summed E-state index contributed by atoms with van der Waals surface area (Å²) in [6.07, 6.45) is 1.61. The first-order valence-electron chi connectivity index (χ1n) is 9.91. The average Bonchev–Trinajstić information content (AvgIpc) is 3.21. The maximum absolute atomic E-state index is 12.6. The van der Waals surface area contributed by atoms with Gasteiger partial charge in [-0.15, -0.1) is 0 Å². The Morgan fingerprint density at radius 1 is 1.22 bits per heavy atom. The summed E-state index contributed by atoms with van der Waals surface area (Å²) in [6.45, 7) is 4.31. The highest BCUT2D eigenvalue weighted by atomic mass is 35.5. The quantitative estimate of drug-likeness (QED) is 0.588. The fourth-order valence-corrected chi connectivity index (χ4v) is 4.15. The van der Waals surface area contributed by atoms with Gasteiger partial charge in [0.1, 0.15) is 11.7 Å². The van der Waals surface area contributed by atoms with Gasteiger partial charge in [0.15, 0.2) is 17.3 Å². The lowest BCUT2D eigenvalue weighted by Crippen LogP contribution is -2.35. The van der Waals surface area contributed by atoms with E-state index >= 15 is 0 Å². The van der Waals surface area contributed by atoms with E-state index in [1.807, 2.05) is 38.1 Å². The van der Waals surface area contributed by atoms with Crippen molar-refractivity contribution >= 4 is 51.4 Å². The molecule has 2 aromatic rings. The third kappa shape index (κ3) is 4.42. The van der Waals surface area contributed by atoms with Crippen molar-refractivity contribution in [2.45, 2.75) is 20.5 Å². The Bertz CT molecular complexity index is 1190. The molecule has 0 aliphatic carbocycles. The van der Waals surface area contributed by atoms with Crippen molar-refractivity contribution in [2.75, 3.05) is 7.11 Å². The molecule has 9 heteroatoms. The van der Waals surface area contributed by atoms with Crippen LogP contribution in [0.4, 0.5) is 0 Å². The Morgan fingerprint density at radius 3 is 2.72 bits per heavy atom. The van der Waals surface area contributed by atoms with Crippen molar-refractivity contribution in [3.8, 4) is 11.5 Å². The predicted molar refractivity (Wildman–Crippen MR) is 129 cm³/mol. The predicted octanol–water partition coefficient (Wildman–Crippen LogP) is 5.20. The Morgan fingerprint density at radius 2 is 2.00 bits per heavy atom. The number of rotatable bonds is 6. The molecule has 0 saturated carbocycles. The van der Waals surface area contributed by atoms with Crippen LogP contribution in [0.1, 0.15) is 25.0 Å². The Balaban J connectivity index is 1.57. The molecule has 0 fully saturated rings. The number of hydrazone groups is 1. The van der Waals surface area contributed by atoms with E-state index in [-0.39, 0.29) is 17.3 Å². The van der Waals surface area contributed by atoms with Gasteiger partial charge in [0.05, 0.1) is 12.7 Å². The summed E-state index contributed by atoms with van der Waals surface area (Å²) >= 11 is 7.52.